The van der Waals surface area contributed by atoms with Gasteiger partial charge in [0.15, 0.2) is 11.6 Å². The third-order valence-electron chi connectivity index (χ3n) is 4.47. The minimum Gasteiger partial charge on any atom is -0.353 e. The molecule has 1 aliphatic carbocycles. The third kappa shape index (κ3) is 3.10. The molecule has 1 N–H and O–H groups in total. The molecule has 134 valence electrons. The second kappa shape index (κ2) is 7.00. The molecule has 0 heterocycles. The summed E-state index contributed by atoms with van der Waals surface area (Å²) < 4.78 is 2.33. The predicted octanol–water partition coefficient (Wildman–Crippen LogP) is 6.80. The quantitative estimate of drug-likeness (QED) is 0.299. The summed E-state index contributed by atoms with van der Waals surface area (Å²) in [7, 11) is 0. The third-order valence-corrected chi connectivity index (χ3v) is 6.38. The minimum absolute atomic E-state index is 0.155. The van der Waals surface area contributed by atoms with Crippen LogP contribution in [0.5, 0.6) is 0 Å². The Morgan fingerprint density at radius 2 is 1.30 bits per heavy atom. The standard InChI is InChI=1S/C21H12Br3NO2/c1-10-8-14(23)19(15(24)9-10)25-16-7-6-13(22)17-18(16)21(27)12-5-3-2-4-11(12)20(17)26/h2-9,25H,1H3. The maximum absolute atomic E-state index is 13.2. The van der Waals surface area contributed by atoms with Crippen LogP contribution in [0.25, 0.3) is 0 Å². The van der Waals surface area contributed by atoms with Gasteiger partial charge in [-0.15, -0.1) is 0 Å². The van der Waals surface area contributed by atoms with Crippen molar-refractivity contribution >= 4 is 70.7 Å². The lowest BCUT2D eigenvalue weighted by Gasteiger charge is -2.22. The van der Waals surface area contributed by atoms with Crippen LogP contribution >= 0.6 is 47.8 Å². The first-order valence-corrected chi connectivity index (χ1v) is 10.5. The summed E-state index contributed by atoms with van der Waals surface area (Å²) >= 11 is 10.6. The smallest absolute Gasteiger partial charge is 0.196 e. The number of carbonyl (C=O) groups excluding carboxylic acids is 2. The van der Waals surface area contributed by atoms with E-state index in [1.807, 2.05) is 19.1 Å². The van der Waals surface area contributed by atoms with E-state index in [4.69, 9.17) is 0 Å². The Bertz CT molecular complexity index is 1120. The molecule has 3 aromatic rings. The Kier molecular flexibility index (Phi) is 4.82. The number of benzene rings is 3. The first kappa shape index (κ1) is 18.6. The number of hydrogen-bond donors (Lipinski definition) is 1. The Labute approximate surface area is 181 Å². The number of ketones is 2. The number of aryl methyl sites for hydroxylation is 1. The molecule has 3 nitrogen and oxygen atoms in total. The van der Waals surface area contributed by atoms with E-state index in [2.05, 4.69) is 53.1 Å². The van der Waals surface area contributed by atoms with E-state index < -0.39 is 0 Å². The SMILES string of the molecule is Cc1cc(Br)c(Nc2ccc(Br)c3c2C(=O)c2ccccc2C3=O)c(Br)c1. The largest absolute Gasteiger partial charge is 0.353 e. The second-order valence-corrected chi connectivity index (χ2v) is 8.84. The molecule has 4 rings (SSSR count). The van der Waals surface area contributed by atoms with Crippen molar-refractivity contribution in [3.05, 3.63) is 89.8 Å². The minimum atomic E-state index is -0.164. The van der Waals surface area contributed by atoms with Crippen LogP contribution in [0, 0.1) is 6.92 Å². The van der Waals surface area contributed by atoms with Gasteiger partial charge in [-0.3, -0.25) is 9.59 Å². The van der Waals surface area contributed by atoms with Gasteiger partial charge < -0.3 is 5.32 Å². The molecule has 0 saturated carbocycles. The van der Waals surface area contributed by atoms with E-state index >= 15 is 0 Å². The fraction of sp³-hybridized carbons (Fsp3) is 0.0476. The van der Waals surface area contributed by atoms with Crippen LogP contribution in [0.1, 0.15) is 37.4 Å². The molecule has 0 aromatic heterocycles. The molecule has 0 radical (unpaired) electrons. The van der Waals surface area contributed by atoms with Crippen LogP contribution < -0.4 is 5.32 Å². The van der Waals surface area contributed by atoms with Crippen LogP contribution in [0.3, 0.4) is 0 Å². The lowest BCUT2D eigenvalue weighted by atomic mass is 9.83. The van der Waals surface area contributed by atoms with Gasteiger partial charge in [0.25, 0.3) is 0 Å². The van der Waals surface area contributed by atoms with Gasteiger partial charge in [0, 0.05) is 24.5 Å². The van der Waals surface area contributed by atoms with Gasteiger partial charge >= 0.3 is 0 Å². The molecule has 0 aliphatic heterocycles. The molecule has 3 aromatic carbocycles. The van der Waals surface area contributed by atoms with Crippen LogP contribution in [-0.4, -0.2) is 11.6 Å². The highest BCUT2D eigenvalue weighted by Crippen LogP contribution is 2.40. The Balaban J connectivity index is 1.91. The van der Waals surface area contributed by atoms with Crippen molar-refractivity contribution in [2.45, 2.75) is 6.92 Å². The van der Waals surface area contributed by atoms with Crippen molar-refractivity contribution in [2.75, 3.05) is 5.32 Å². The van der Waals surface area contributed by atoms with E-state index in [-0.39, 0.29) is 11.6 Å². The van der Waals surface area contributed by atoms with Gasteiger partial charge in [-0.2, -0.15) is 0 Å². The van der Waals surface area contributed by atoms with Crippen LogP contribution in [0.4, 0.5) is 11.4 Å². The summed E-state index contributed by atoms with van der Waals surface area (Å²) in [6.45, 7) is 2.00. The Morgan fingerprint density at radius 1 is 0.741 bits per heavy atom. The van der Waals surface area contributed by atoms with Crippen LogP contribution in [-0.2, 0) is 0 Å². The molecule has 0 amide bonds. The summed E-state index contributed by atoms with van der Waals surface area (Å²) in [5.74, 6) is -0.318. The monoisotopic (exact) mass is 547 g/mol. The molecule has 0 spiro atoms. The number of anilines is 2. The van der Waals surface area contributed by atoms with E-state index in [1.165, 1.54) is 0 Å². The van der Waals surface area contributed by atoms with Gasteiger partial charge in [0.2, 0.25) is 0 Å². The molecule has 27 heavy (non-hydrogen) atoms. The van der Waals surface area contributed by atoms with Crippen molar-refractivity contribution in [3.8, 4) is 0 Å². The number of nitrogens with one attached hydrogen (secondary N) is 1. The van der Waals surface area contributed by atoms with Gasteiger partial charge in [-0.1, -0.05) is 40.2 Å². The molecule has 0 atom stereocenters. The fourth-order valence-electron chi connectivity index (χ4n) is 3.24. The van der Waals surface area contributed by atoms with Gasteiger partial charge in [-0.25, -0.2) is 0 Å². The lowest BCUT2D eigenvalue weighted by Crippen LogP contribution is -2.22. The summed E-state index contributed by atoms with van der Waals surface area (Å²) in [6, 6.07) is 14.5. The summed E-state index contributed by atoms with van der Waals surface area (Å²) in [6.07, 6.45) is 0. The van der Waals surface area contributed by atoms with Gasteiger partial charge in [-0.05, 0) is 68.6 Å². The maximum atomic E-state index is 13.2. The molecular formula is C21H12Br3NO2. The summed E-state index contributed by atoms with van der Waals surface area (Å²) in [5, 5.41) is 3.32. The normalized spacial score (nSPS) is 12.6. The Hall–Kier alpha value is -1.76. The zero-order valence-corrected chi connectivity index (χ0v) is 18.8. The van der Waals surface area contributed by atoms with Crippen molar-refractivity contribution in [1.29, 1.82) is 0 Å². The average Bonchev–Trinajstić information content (AvgIpc) is 2.63. The first-order chi connectivity index (χ1) is 12.9. The number of halogens is 3. The van der Waals surface area contributed by atoms with Crippen molar-refractivity contribution < 1.29 is 9.59 Å². The van der Waals surface area contributed by atoms with E-state index in [9.17, 15) is 9.59 Å². The van der Waals surface area contributed by atoms with Gasteiger partial charge in [0.05, 0.1) is 22.5 Å². The zero-order chi connectivity index (χ0) is 19.3. The van der Waals surface area contributed by atoms with Crippen LogP contribution in [0.2, 0.25) is 0 Å². The maximum Gasteiger partial charge on any atom is 0.196 e. The molecule has 0 unspecified atom stereocenters. The topological polar surface area (TPSA) is 46.2 Å². The molecular weight excluding hydrogens is 538 g/mol. The lowest BCUT2D eigenvalue weighted by molar-refractivity contribution is 0.0979. The molecule has 0 fully saturated rings. The molecule has 6 heteroatoms. The number of fused-ring (bicyclic) bond motifs is 2. The first-order valence-electron chi connectivity index (χ1n) is 8.12. The van der Waals surface area contributed by atoms with E-state index in [1.54, 1.807) is 36.4 Å². The van der Waals surface area contributed by atoms with Crippen molar-refractivity contribution in [3.63, 3.8) is 0 Å². The zero-order valence-electron chi connectivity index (χ0n) is 14.1. The fourth-order valence-corrected chi connectivity index (χ4v) is 5.37. The highest BCUT2D eigenvalue weighted by molar-refractivity contribution is 9.11. The van der Waals surface area contributed by atoms with Crippen LogP contribution in [0.15, 0.2) is 61.9 Å². The second-order valence-electron chi connectivity index (χ2n) is 6.28. The van der Waals surface area contributed by atoms with Crippen molar-refractivity contribution in [1.82, 2.24) is 0 Å². The highest BCUT2D eigenvalue weighted by atomic mass is 79.9. The summed E-state index contributed by atoms with van der Waals surface area (Å²) in [5.41, 5.74) is 4.12. The van der Waals surface area contributed by atoms with E-state index in [0.717, 1.165) is 20.2 Å². The van der Waals surface area contributed by atoms with E-state index in [0.29, 0.717) is 32.4 Å². The number of rotatable bonds is 2. The van der Waals surface area contributed by atoms with Crippen molar-refractivity contribution in [2.24, 2.45) is 0 Å². The number of hydrogen-bond acceptors (Lipinski definition) is 3. The molecule has 0 bridgehead atoms. The molecule has 1 aliphatic rings. The summed E-state index contributed by atoms with van der Waals surface area (Å²) in [4.78, 5) is 26.2. The van der Waals surface area contributed by atoms with Gasteiger partial charge in [0.1, 0.15) is 0 Å². The Morgan fingerprint density at radius 3 is 1.89 bits per heavy atom. The number of carbonyl (C=O) groups is 2. The highest BCUT2D eigenvalue weighted by Gasteiger charge is 2.33. The molecule has 0 saturated heterocycles. The average molecular weight is 550 g/mol. The predicted molar refractivity (Wildman–Crippen MR) is 117 cm³/mol.